The zero-order chi connectivity index (χ0) is 18.5. The van der Waals surface area contributed by atoms with Gasteiger partial charge in [0.25, 0.3) is 0 Å². The van der Waals surface area contributed by atoms with Crippen LogP contribution in [0.25, 0.3) is 10.8 Å². The Hall–Kier alpha value is -3.15. The first-order valence-electron chi connectivity index (χ1n) is 8.06. The molecule has 1 N–H and O–H groups in total. The van der Waals surface area contributed by atoms with Crippen molar-refractivity contribution >= 4 is 22.5 Å². The van der Waals surface area contributed by atoms with E-state index in [0.29, 0.717) is 12.2 Å². The minimum atomic E-state index is -2.85. The monoisotopic (exact) mass is 356 g/mol. The molecule has 0 atom stereocenters. The number of hydrogen-bond acceptors (Lipinski definition) is 2. The van der Waals surface area contributed by atoms with E-state index < -0.39 is 6.61 Å². The van der Waals surface area contributed by atoms with Crippen molar-refractivity contribution < 1.29 is 18.3 Å². The van der Waals surface area contributed by atoms with E-state index in [-0.39, 0.29) is 11.8 Å². The molecule has 0 aliphatic rings. The number of halogens is 2. The van der Waals surface area contributed by atoms with Crippen molar-refractivity contribution in [3.63, 3.8) is 0 Å². The zero-order valence-corrected chi connectivity index (χ0v) is 14.2. The second-order valence-corrected chi connectivity index (χ2v) is 5.87. The number of urea groups is 1. The topological polar surface area (TPSA) is 41.6 Å². The molecule has 2 amide bonds. The van der Waals surface area contributed by atoms with E-state index in [1.807, 2.05) is 42.5 Å². The molecule has 0 aliphatic heterocycles. The van der Waals surface area contributed by atoms with Crippen molar-refractivity contribution in [2.75, 3.05) is 12.4 Å². The second-order valence-electron chi connectivity index (χ2n) is 5.87. The van der Waals surface area contributed by atoms with Gasteiger partial charge < -0.3 is 15.0 Å². The molecule has 0 saturated carbocycles. The summed E-state index contributed by atoms with van der Waals surface area (Å²) in [5, 5.41) is 5.00. The molecule has 3 aromatic carbocycles. The van der Waals surface area contributed by atoms with Crippen LogP contribution in [0.15, 0.2) is 66.7 Å². The molecule has 134 valence electrons. The molecular formula is C20H18F2N2O2. The van der Waals surface area contributed by atoms with Crippen molar-refractivity contribution in [2.24, 2.45) is 0 Å². The van der Waals surface area contributed by atoms with E-state index in [1.54, 1.807) is 19.2 Å². The van der Waals surface area contributed by atoms with E-state index in [9.17, 15) is 13.6 Å². The van der Waals surface area contributed by atoms with Gasteiger partial charge in [-0.2, -0.15) is 8.78 Å². The van der Waals surface area contributed by atoms with E-state index in [1.165, 1.54) is 17.0 Å². The number of carbonyl (C=O) groups excluding carboxylic acids is 1. The zero-order valence-electron chi connectivity index (χ0n) is 14.2. The third-order valence-electron chi connectivity index (χ3n) is 3.92. The second kappa shape index (κ2) is 7.82. The number of carbonyl (C=O) groups is 1. The quantitative estimate of drug-likeness (QED) is 0.691. The minimum Gasteiger partial charge on any atom is -0.435 e. The fourth-order valence-electron chi connectivity index (χ4n) is 2.61. The number of amides is 2. The Kier molecular flexibility index (Phi) is 5.31. The summed E-state index contributed by atoms with van der Waals surface area (Å²) in [5.74, 6) is 0.0898. The molecule has 26 heavy (non-hydrogen) atoms. The molecule has 0 spiro atoms. The molecule has 3 rings (SSSR count). The lowest BCUT2D eigenvalue weighted by Crippen LogP contribution is -2.30. The number of nitrogens with zero attached hydrogens (tertiary/aromatic N) is 1. The molecule has 0 heterocycles. The van der Waals surface area contributed by atoms with Crippen LogP contribution in [0.2, 0.25) is 0 Å². The lowest BCUT2D eigenvalue weighted by molar-refractivity contribution is -0.0498. The Bertz CT molecular complexity index is 898. The summed E-state index contributed by atoms with van der Waals surface area (Å²) in [4.78, 5) is 13.9. The Labute approximate surface area is 150 Å². The van der Waals surface area contributed by atoms with Gasteiger partial charge in [-0.25, -0.2) is 4.79 Å². The molecule has 0 fully saturated rings. The van der Waals surface area contributed by atoms with Crippen LogP contribution < -0.4 is 10.1 Å². The highest BCUT2D eigenvalue weighted by Crippen LogP contribution is 2.20. The van der Waals surface area contributed by atoms with Crippen LogP contribution in [-0.4, -0.2) is 24.6 Å². The largest absolute Gasteiger partial charge is 0.435 e. The van der Waals surface area contributed by atoms with Crippen molar-refractivity contribution in [3.8, 4) is 5.75 Å². The number of rotatable bonds is 5. The van der Waals surface area contributed by atoms with Crippen LogP contribution in [0.3, 0.4) is 0 Å². The normalized spacial score (nSPS) is 10.8. The van der Waals surface area contributed by atoms with Crippen LogP contribution in [0.5, 0.6) is 5.75 Å². The average Bonchev–Trinajstić information content (AvgIpc) is 2.62. The molecule has 3 aromatic rings. The van der Waals surface area contributed by atoms with Crippen LogP contribution in [0, 0.1) is 0 Å². The van der Waals surface area contributed by atoms with E-state index in [4.69, 9.17) is 0 Å². The highest BCUT2D eigenvalue weighted by molar-refractivity contribution is 5.93. The molecule has 0 bridgehead atoms. The van der Waals surface area contributed by atoms with Gasteiger partial charge in [-0.15, -0.1) is 0 Å². The molecule has 6 heteroatoms. The van der Waals surface area contributed by atoms with Gasteiger partial charge in [0.05, 0.1) is 0 Å². The lowest BCUT2D eigenvalue weighted by Gasteiger charge is -2.18. The predicted octanol–water partition coefficient (Wildman–Crippen LogP) is 5.11. The average molecular weight is 356 g/mol. The third-order valence-corrected chi connectivity index (χ3v) is 3.92. The van der Waals surface area contributed by atoms with Gasteiger partial charge in [0.2, 0.25) is 0 Å². The maximum Gasteiger partial charge on any atom is 0.387 e. The fraction of sp³-hybridized carbons (Fsp3) is 0.150. The Morgan fingerprint density at radius 1 is 1.04 bits per heavy atom. The number of ether oxygens (including phenoxy) is 1. The van der Waals surface area contributed by atoms with E-state index in [0.717, 1.165) is 16.3 Å². The first kappa shape index (κ1) is 17.7. The first-order chi connectivity index (χ1) is 12.5. The van der Waals surface area contributed by atoms with Crippen LogP contribution in [0.1, 0.15) is 5.56 Å². The van der Waals surface area contributed by atoms with Crippen molar-refractivity contribution in [3.05, 3.63) is 72.3 Å². The summed E-state index contributed by atoms with van der Waals surface area (Å²) in [6.45, 7) is -2.51. The van der Waals surface area contributed by atoms with Crippen LogP contribution in [-0.2, 0) is 6.54 Å². The van der Waals surface area contributed by atoms with Gasteiger partial charge in [-0.1, -0.05) is 42.5 Å². The molecule has 0 unspecified atom stereocenters. The maximum absolute atomic E-state index is 12.4. The predicted molar refractivity (Wildman–Crippen MR) is 97.5 cm³/mol. The molecule has 0 aromatic heterocycles. The number of alkyl halides is 2. The summed E-state index contributed by atoms with van der Waals surface area (Å²) in [6.07, 6.45) is 0. The highest BCUT2D eigenvalue weighted by Gasteiger charge is 2.10. The SMILES string of the molecule is CN(Cc1ccc(OC(F)F)cc1)C(=O)Nc1ccc2ccccc2c1. The highest BCUT2D eigenvalue weighted by atomic mass is 19.3. The van der Waals surface area contributed by atoms with Gasteiger partial charge in [0.1, 0.15) is 5.75 Å². The van der Waals surface area contributed by atoms with Gasteiger partial charge in [0, 0.05) is 19.3 Å². The van der Waals surface area contributed by atoms with Crippen molar-refractivity contribution in [1.82, 2.24) is 4.90 Å². The summed E-state index contributed by atoms with van der Waals surface area (Å²) in [5.41, 5.74) is 1.52. The summed E-state index contributed by atoms with van der Waals surface area (Å²) >= 11 is 0. The molecular weight excluding hydrogens is 338 g/mol. The van der Waals surface area contributed by atoms with Gasteiger partial charge in [-0.05, 0) is 40.6 Å². The number of anilines is 1. The minimum absolute atomic E-state index is 0.0898. The van der Waals surface area contributed by atoms with Crippen LogP contribution in [0.4, 0.5) is 19.3 Å². The number of nitrogens with one attached hydrogen (secondary N) is 1. The number of fused-ring (bicyclic) bond motifs is 1. The van der Waals surface area contributed by atoms with E-state index in [2.05, 4.69) is 10.1 Å². The molecule has 4 nitrogen and oxygen atoms in total. The smallest absolute Gasteiger partial charge is 0.387 e. The van der Waals surface area contributed by atoms with Gasteiger partial charge >= 0.3 is 12.6 Å². The lowest BCUT2D eigenvalue weighted by atomic mass is 10.1. The van der Waals surface area contributed by atoms with E-state index >= 15 is 0 Å². The number of hydrogen-bond donors (Lipinski definition) is 1. The Morgan fingerprint density at radius 2 is 1.73 bits per heavy atom. The summed E-state index contributed by atoms with van der Waals surface area (Å²) < 4.78 is 28.6. The molecule has 0 radical (unpaired) electrons. The maximum atomic E-state index is 12.4. The summed E-state index contributed by atoms with van der Waals surface area (Å²) in [7, 11) is 1.67. The van der Waals surface area contributed by atoms with Gasteiger partial charge in [-0.3, -0.25) is 0 Å². The molecule has 0 aliphatic carbocycles. The molecule has 0 saturated heterocycles. The summed E-state index contributed by atoms with van der Waals surface area (Å²) in [6, 6.07) is 19.6. The van der Waals surface area contributed by atoms with Crippen molar-refractivity contribution in [2.45, 2.75) is 13.2 Å². The van der Waals surface area contributed by atoms with Gasteiger partial charge in [0.15, 0.2) is 0 Å². The Balaban J connectivity index is 1.61. The van der Waals surface area contributed by atoms with Crippen LogP contribution >= 0.6 is 0 Å². The number of benzene rings is 3. The Morgan fingerprint density at radius 3 is 2.42 bits per heavy atom. The standard InChI is InChI=1S/C20H18F2N2O2/c1-24(13-14-6-10-18(11-7-14)26-19(21)22)20(25)23-17-9-8-15-4-2-3-5-16(15)12-17/h2-12,19H,13H2,1H3,(H,23,25). The fourth-order valence-corrected chi connectivity index (χ4v) is 2.61. The third kappa shape index (κ3) is 4.47. The first-order valence-corrected chi connectivity index (χ1v) is 8.06. The van der Waals surface area contributed by atoms with Crippen molar-refractivity contribution in [1.29, 1.82) is 0 Å².